The Kier molecular flexibility index (Phi) is 6.05. The van der Waals surface area contributed by atoms with Crippen LogP contribution < -0.4 is 4.74 Å². The number of hydrogen-bond donors (Lipinski definition) is 1. The number of halogens is 1. The van der Waals surface area contributed by atoms with Crippen LogP contribution in [0.3, 0.4) is 0 Å². The highest BCUT2D eigenvalue weighted by Gasteiger charge is 2.48. The van der Waals surface area contributed by atoms with Crippen molar-refractivity contribution in [3.63, 3.8) is 0 Å². The number of ether oxygens (including phenoxy) is 1. The standard InChI is InChI=1S/C25H26ClNO4/c1-15-14-17(10-13-20(15)31-2)23(28)21-22(16-8-11-18(26)12-9-16)27(25(30)24(21)29)19-6-4-3-5-7-19/h8-14,19,22,28H,3-7H2,1-2H3/b23-21-. The lowest BCUT2D eigenvalue weighted by Gasteiger charge is -2.35. The molecule has 2 aromatic rings. The topological polar surface area (TPSA) is 66.8 Å². The molecule has 1 amide bonds. The predicted octanol–water partition coefficient (Wildman–Crippen LogP) is 5.41. The van der Waals surface area contributed by atoms with E-state index < -0.39 is 17.7 Å². The van der Waals surface area contributed by atoms with Crippen molar-refractivity contribution in [2.24, 2.45) is 0 Å². The monoisotopic (exact) mass is 439 g/mol. The SMILES string of the molecule is COc1ccc(/C(O)=C2/C(=O)C(=O)N(C3CCCCC3)C2c2ccc(Cl)cc2)cc1C. The summed E-state index contributed by atoms with van der Waals surface area (Å²) in [4.78, 5) is 28.0. The van der Waals surface area contributed by atoms with E-state index in [1.165, 1.54) is 0 Å². The molecule has 2 fully saturated rings. The average Bonchev–Trinajstić information content (AvgIpc) is 3.05. The fourth-order valence-corrected chi connectivity index (χ4v) is 4.87. The van der Waals surface area contributed by atoms with Crippen LogP contribution in [0.25, 0.3) is 5.76 Å². The molecule has 31 heavy (non-hydrogen) atoms. The smallest absolute Gasteiger partial charge is 0.295 e. The molecule has 1 saturated heterocycles. The van der Waals surface area contributed by atoms with Crippen LogP contribution in [0, 0.1) is 6.92 Å². The molecule has 1 atom stereocenters. The van der Waals surface area contributed by atoms with Crippen molar-refractivity contribution in [1.29, 1.82) is 0 Å². The third-order valence-electron chi connectivity index (χ3n) is 6.30. The van der Waals surface area contributed by atoms with Gasteiger partial charge >= 0.3 is 0 Å². The number of rotatable bonds is 4. The molecular formula is C25H26ClNO4. The molecular weight excluding hydrogens is 414 g/mol. The molecule has 0 bridgehead atoms. The van der Waals surface area contributed by atoms with E-state index in [2.05, 4.69) is 0 Å². The first-order valence-corrected chi connectivity index (χ1v) is 11.0. The lowest BCUT2D eigenvalue weighted by atomic mass is 9.91. The van der Waals surface area contributed by atoms with Crippen molar-refractivity contribution in [3.8, 4) is 5.75 Å². The zero-order valence-electron chi connectivity index (χ0n) is 17.7. The summed E-state index contributed by atoms with van der Waals surface area (Å²) >= 11 is 6.08. The van der Waals surface area contributed by atoms with Crippen LogP contribution in [0.1, 0.15) is 54.8 Å². The minimum Gasteiger partial charge on any atom is -0.507 e. The molecule has 0 aromatic heterocycles. The van der Waals surface area contributed by atoms with Gasteiger partial charge in [-0.1, -0.05) is 43.0 Å². The molecule has 2 aliphatic rings. The fraction of sp³-hybridized carbons (Fsp3) is 0.360. The number of aryl methyl sites for hydroxylation is 1. The third kappa shape index (κ3) is 3.94. The Morgan fingerprint density at radius 2 is 1.74 bits per heavy atom. The Morgan fingerprint density at radius 3 is 2.35 bits per heavy atom. The van der Waals surface area contributed by atoms with Crippen LogP contribution in [0.4, 0.5) is 0 Å². The predicted molar refractivity (Wildman–Crippen MR) is 120 cm³/mol. The number of aliphatic hydroxyl groups is 1. The normalized spacial score (nSPS) is 21.5. The van der Waals surface area contributed by atoms with Gasteiger partial charge < -0.3 is 14.7 Å². The van der Waals surface area contributed by atoms with Gasteiger partial charge in [-0.25, -0.2) is 0 Å². The first kappa shape index (κ1) is 21.4. The number of ketones is 1. The van der Waals surface area contributed by atoms with Crippen LogP contribution >= 0.6 is 11.6 Å². The van der Waals surface area contributed by atoms with Gasteiger partial charge in [0.1, 0.15) is 11.5 Å². The summed E-state index contributed by atoms with van der Waals surface area (Å²) in [6, 6.07) is 11.7. The number of Topliss-reactive ketones (excluding diaryl/α,β-unsaturated/α-hetero) is 1. The second-order valence-corrected chi connectivity index (χ2v) is 8.67. The molecule has 0 radical (unpaired) electrons. The number of likely N-dealkylation sites (tertiary alicyclic amines) is 1. The molecule has 162 valence electrons. The number of aliphatic hydroxyl groups excluding tert-OH is 1. The number of benzene rings is 2. The van der Waals surface area contributed by atoms with E-state index in [0.717, 1.165) is 43.2 Å². The lowest BCUT2D eigenvalue weighted by Crippen LogP contribution is -2.40. The summed E-state index contributed by atoms with van der Waals surface area (Å²) in [5.74, 6) is -0.661. The minimum absolute atomic E-state index is 0.0196. The molecule has 1 aliphatic carbocycles. The van der Waals surface area contributed by atoms with Crippen LogP contribution in [0.5, 0.6) is 5.75 Å². The maximum Gasteiger partial charge on any atom is 0.295 e. The number of nitrogens with zero attached hydrogens (tertiary/aromatic N) is 1. The van der Waals surface area contributed by atoms with Crippen LogP contribution in [0.15, 0.2) is 48.0 Å². The minimum atomic E-state index is -0.642. The average molecular weight is 440 g/mol. The molecule has 1 N–H and O–H groups in total. The first-order chi connectivity index (χ1) is 14.9. The van der Waals surface area contributed by atoms with Gasteiger partial charge in [-0.3, -0.25) is 9.59 Å². The van der Waals surface area contributed by atoms with Crippen molar-refractivity contribution in [2.45, 2.75) is 51.1 Å². The molecule has 4 rings (SSSR count). The van der Waals surface area contributed by atoms with E-state index in [1.54, 1.807) is 42.3 Å². The van der Waals surface area contributed by atoms with Gasteiger partial charge in [-0.2, -0.15) is 0 Å². The van der Waals surface area contributed by atoms with Gasteiger partial charge in [0.15, 0.2) is 0 Å². The van der Waals surface area contributed by atoms with Gasteiger partial charge in [0, 0.05) is 16.6 Å². The number of amides is 1. The van der Waals surface area contributed by atoms with E-state index in [1.807, 2.05) is 19.1 Å². The molecule has 1 saturated carbocycles. The van der Waals surface area contributed by atoms with Gasteiger partial charge in [0.25, 0.3) is 11.7 Å². The van der Waals surface area contributed by atoms with Crippen molar-refractivity contribution in [1.82, 2.24) is 4.90 Å². The van der Waals surface area contributed by atoms with Crippen molar-refractivity contribution >= 4 is 29.1 Å². The number of carbonyl (C=O) groups excluding carboxylic acids is 2. The summed E-state index contributed by atoms with van der Waals surface area (Å²) in [6.45, 7) is 1.87. The summed E-state index contributed by atoms with van der Waals surface area (Å²) in [5, 5.41) is 11.8. The van der Waals surface area contributed by atoms with E-state index in [0.29, 0.717) is 16.3 Å². The third-order valence-corrected chi connectivity index (χ3v) is 6.55. The van der Waals surface area contributed by atoms with Gasteiger partial charge in [0.05, 0.1) is 18.7 Å². The van der Waals surface area contributed by atoms with Gasteiger partial charge in [-0.15, -0.1) is 0 Å². The highest BCUT2D eigenvalue weighted by molar-refractivity contribution is 6.46. The Labute approximate surface area is 187 Å². The second kappa shape index (κ2) is 8.75. The van der Waals surface area contributed by atoms with Crippen LogP contribution in [0.2, 0.25) is 5.02 Å². The second-order valence-electron chi connectivity index (χ2n) is 8.23. The zero-order chi connectivity index (χ0) is 22.1. The van der Waals surface area contributed by atoms with Crippen molar-refractivity contribution in [3.05, 3.63) is 69.8 Å². The molecule has 2 aromatic carbocycles. The molecule has 1 unspecified atom stereocenters. The van der Waals surface area contributed by atoms with Crippen molar-refractivity contribution in [2.75, 3.05) is 7.11 Å². The molecule has 1 aliphatic heterocycles. The first-order valence-electron chi connectivity index (χ1n) is 10.6. The highest BCUT2D eigenvalue weighted by Crippen LogP contribution is 2.43. The number of hydrogen-bond acceptors (Lipinski definition) is 4. The summed E-state index contributed by atoms with van der Waals surface area (Å²) < 4.78 is 5.30. The molecule has 6 heteroatoms. The molecule has 1 heterocycles. The molecule has 0 spiro atoms. The maximum absolute atomic E-state index is 13.2. The van der Waals surface area contributed by atoms with Gasteiger partial charge in [-0.05, 0) is 61.2 Å². The van der Waals surface area contributed by atoms with E-state index in [9.17, 15) is 14.7 Å². The van der Waals surface area contributed by atoms with Crippen LogP contribution in [-0.2, 0) is 9.59 Å². The van der Waals surface area contributed by atoms with E-state index in [4.69, 9.17) is 16.3 Å². The summed E-state index contributed by atoms with van der Waals surface area (Å²) in [6.07, 6.45) is 4.91. The summed E-state index contributed by atoms with van der Waals surface area (Å²) in [5.41, 5.74) is 2.21. The fourth-order valence-electron chi connectivity index (χ4n) is 4.74. The quantitative estimate of drug-likeness (QED) is 0.393. The van der Waals surface area contributed by atoms with E-state index >= 15 is 0 Å². The Hall–Kier alpha value is -2.79. The number of carbonyl (C=O) groups is 2. The zero-order valence-corrected chi connectivity index (χ0v) is 18.5. The van der Waals surface area contributed by atoms with Crippen molar-refractivity contribution < 1.29 is 19.4 Å². The molecule has 5 nitrogen and oxygen atoms in total. The van der Waals surface area contributed by atoms with Crippen LogP contribution in [-0.4, -0.2) is 34.8 Å². The maximum atomic E-state index is 13.2. The Balaban J connectivity index is 1.86. The van der Waals surface area contributed by atoms with E-state index in [-0.39, 0.29) is 17.4 Å². The Bertz CT molecular complexity index is 1040. The largest absolute Gasteiger partial charge is 0.507 e. The lowest BCUT2D eigenvalue weighted by molar-refractivity contribution is -0.141. The highest BCUT2D eigenvalue weighted by atomic mass is 35.5. The summed E-state index contributed by atoms with van der Waals surface area (Å²) in [7, 11) is 1.58. The Morgan fingerprint density at radius 1 is 1.06 bits per heavy atom. The number of methoxy groups -OCH3 is 1. The van der Waals surface area contributed by atoms with Gasteiger partial charge in [0.2, 0.25) is 0 Å².